The predicted molar refractivity (Wildman–Crippen MR) is 74.4 cm³/mol. The summed E-state index contributed by atoms with van der Waals surface area (Å²) in [5.74, 6) is 0.425. The van der Waals surface area contributed by atoms with E-state index in [0.717, 1.165) is 0 Å². The van der Waals surface area contributed by atoms with E-state index in [0.29, 0.717) is 11.6 Å². The minimum absolute atomic E-state index is 0.132. The van der Waals surface area contributed by atoms with Crippen molar-refractivity contribution in [3.63, 3.8) is 0 Å². The van der Waals surface area contributed by atoms with E-state index in [1.807, 2.05) is 7.05 Å². The van der Waals surface area contributed by atoms with Gasteiger partial charge in [-0.15, -0.1) is 0 Å². The molecule has 1 aliphatic carbocycles. The van der Waals surface area contributed by atoms with Crippen LogP contribution in [0.25, 0.3) is 0 Å². The Morgan fingerprint density at radius 1 is 1.58 bits per heavy atom. The quantitative estimate of drug-likeness (QED) is 0.908. The molecule has 19 heavy (non-hydrogen) atoms. The molecule has 1 aliphatic rings. The summed E-state index contributed by atoms with van der Waals surface area (Å²) in [4.78, 5) is 18.0. The summed E-state index contributed by atoms with van der Waals surface area (Å²) >= 11 is 0. The minimum Gasteiger partial charge on any atom is -0.480 e. The molecule has 5 heteroatoms. The Bertz CT molecular complexity index is 472. The first-order valence-electron chi connectivity index (χ1n) is 6.51. The molecule has 1 saturated carbocycles. The molecular formula is C14H21N3O2. The van der Waals surface area contributed by atoms with Crippen molar-refractivity contribution in [3.8, 4) is 5.88 Å². The molecular weight excluding hydrogens is 242 g/mol. The number of nitrogens with zero attached hydrogens (tertiary/aromatic N) is 2. The number of hydrogen-bond acceptors (Lipinski definition) is 3. The summed E-state index contributed by atoms with van der Waals surface area (Å²) in [6.45, 7) is 4.30. The van der Waals surface area contributed by atoms with Gasteiger partial charge in [-0.1, -0.05) is 6.92 Å². The van der Waals surface area contributed by atoms with Crippen molar-refractivity contribution in [2.45, 2.75) is 32.7 Å². The highest BCUT2D eigenvalue weighted by atomic mass is 16.5. The normalized spacial score (nSPS) is 17.5. The van der Waals surface area contributed by atoms with Crippen molar-refractivity contribution in [2.24, 2.45) is 5.41 Å². The van der Waals surface area contributed by atoms with Crippen LogP contribution in [0.15, 0.2) is 18.3 Å². The molecule has 1 atom stereocenters. The Hall–Kier alpha value is -1.78. The number of pyridine rings is 1. The van der Waals surface area contributed by atoms with Gasteiger partial charge in [-0.05, 0) is 37.3 Å². The molecule has 0 saturated heterocycles. The van der Waals surface area contributed by atoms with Crippen molar-refractivity contribution in [1.29, 1.82) is 0 Å². The van der Waals surface area contributed by atoms with Crippen molar-refractivity contribution >= 4 is 11.7 Å². The lowest BCUT2D eigenvalue weighted by molar-refractivity contribution is 0.183. The number of aromatic nitrogens is 1. The number of ether oxygens (including phenoxy) is 1. The van der Waals surface area contributed by atoms with Gasteiger partial charge in [-0.3, -0.25) is 0 Å². The maximum absolute atomic E-state index is 12.2. The average Bonchev–Trinajstić information content (AvgIpc) is 3.17. The van der Waals surface area contributed by atoms with Gasteiger partial charge in [-0.2, -0.15) is 0 Å². The monoisotopic (exact) mass is 263 g/mol. The largest absolute Gasteiger partial charge is 0.480 e. The van der Waals surface area contributed by atoms with Crippen LogP contribution >= 0.6 is 0 Å². The number of rotatable bonds is 4. The molecule has 1 aromatic heterocycles. The van der Waals surface area contributed by atoms with E-state index < -0.39 is 0 Å². The molecule has 0 unspecified atom stereocenters. The van der Waals surface area contributed by atoms with Crippen LogP contribution in [0.4, 0.5) is 10.5 Å². The average molecular weight is 263 g/mol. The van der Waals surface area contributed by atoms with Crippen LogP contribution in [0.1, 0.15) is 26.7 Å². The van der Waals surface area contributed by atoms with Crippen LogP contribution in [0.5, 0.6) is 5.88 Å². The summed E-state index contributed by atoms with van der Waals surface area (Å²) in [5, 5.41) is 2.84. The Kier molecular flexibility index (Phi) is 3.64. The van der Waals surface area contributed by atoms with Crippen LogP contribution in [0.3, 0.4) is 0 Å². The molecule has 1 aromatic rings. The number of nitrogens with one attached hydrogen (secondary N) is 1. The van der Waals surface area contributed by atoms with Gasteiger partial charge in [0.25, 0.3) is 0 Å². The van der Waals surface area contributed by atoms with Gasteiger partial charge < -0.3 is 15.0 Å². The fourth-order valence-corrected chi connectivity index (χ4v) is 2.11. The molecule has 5 nitrogen and oxygen atoms in total. The molecule has 1 heterocycles. The number of methoxy groups -OCH3 is 1. The number of carbonyl (C=O) groups is 1. The van der Waals surface area contributed by atoms with E-state index in [1.54, 1.807) is 23.2 Å². The van der Waals surface area contributed by atoms with Gasteiger partial charge in [0.05, 0.1) is 7.11 Å². The smallest absolute Gasteiger partial charge is 0.321 e. The van der Waals surface area contributed by atoms with Crippen LogP contribution in [0.2, 0.25) is 0 Å². The van der Waals surface area contributed by atoms with E-state index in [-0.39, 0.29) is 17.5 Å². The first-order valence-corrected chi connectivity index (χ1v) is 6.51. The van der Waals surface area contributed by atoms with E-state index in [9.17, 15) is 4.79 Å². The van der Waals surface area contributed by atoms with E-state index >= 15 is 0 Å². The van der Waals surface area contributed by atoms with Crippen molar-refractivity contribution in [2.75, 3.05) is 19.5 Å². The highest BCUT2D eigenvalue weighted by molar-refractivity contribution is 5.90. The molecule has 0 radical (unpaired) electrons. The molecule has 1 fully saturated rings. The third-order valence-electron chi connectivity index (χ3n) is 4.15. The first kappa shape index (κ1) is 13.6. The molecule has 0 aliphatic heterocycles. The van der Waals surface area contributed by atoms with Crippen LogP contribution in [-0.2, 0) is 0 Å². The fraction of sp³-hybridized carbons (Fsp3) is 0.571. The SMILES string of the molecule is COc1ncccc1NC(=O)N(C)[C@H](C)C1(C)CC1. The number of carbonyl (C=O) groups excluding carboxylic acids is 1. The van der Waals surface area contributed by atoms with Gasteiger partial charge in [0, 0.05) is 19.3 Å². The van der Waals surface area contributed by atoms with Gasteiger partial charge in [0.2, 0.25) is 5.88 Å². The predicted octanol–water partition coefficient (Wildman–Crippen LogP) is 2.74. The Balaban J connectivity index is 2.04. The first-order chi connectivity index (χ1) is 8.98. The van der Waals surface area contributed by atoms with Crippen LogP contribution in [0, 0.1) is 5.41 Å². The molecule has 2 rings (SSSR count). The second kappa shape index (κ2) is 5.07. The number of amides is 2. The van der Waals surface area contributed by atoms with Crippen molar-refractivity contribution < 1.29 is 9.53 Å². The molecule has 0 bridgehead atoms. The summed E-state index contributed by atoms with van der Waals surface area (Å²) in [7, 11) is 3.36. The topological polar surface area (TPSA) is 54.5 Å². The zero-order chi connectivity index (χ0) is 14.0. The standard InChI is InChI=1S/C14H21N3O2/c1-10(14(2)7-8-14)17(3)13(18)16-11-6-5-9-15-12(11)19-4/h5-6,9-10H,7-8H2,1-4H3,(H,16,18)/t10-/m1/s1. The molecule has 0 aromatic carbocycles. The second-order valence-electron chi connectivity index (χ2n) is 5.43. The Morgan fingerprint density at radius 2 is 2.26 bits per heavy atom. The van der Waals surface area contributed by atoms with Gasteiger partial charge >= 0.3 is 6.03 Å². The van der Waals surface area contributed by atoms with Gasteiger partial charge in [-0.25, -0.2) is 9.78 Å². The zero-order valence-corrected chi connectivity index (χ0v) is 11.9. The Morgan fingerprint density at radius 3 is 2.84 bits per heavy atom. The fourth-order valence-electron chi connectivity index (χ4n) is 2.11. The minimum atomic E-state index is -0.132. The van der Waals surface area contributed by atoms with E-state index in [4.69, 9.17) is 4.74 Å². The molecule has 104 valence electrons. The highest BCUT2D eigenvalue weighted by Crippen LogP contribution is 2.49. The number of hydrogen-bond donors (Lipinski definition) is 1. The number of urea groups is 1. The molecule has 0 spiro atoms. The summed E-state index contributed by atoms with van der Waals surface area (Å²) < 4.78 is 5.12. The van der Waals surface area contributed by atoms with Crippen LogP contribution < -0.4 is 10.1 Å². The third-order valence-corrected chi connectivity index (χ3v) is 4.15. The van der Waals surface area contributed by atoms with E-state index in [2.05, 4.69) is 24.1 Å². The zero-order valence-electron chi connectivity index (χ0n) is 11.9. The molecule has 1 N–H and O–H groups in total. The van der Waals surface area contributed by atoms with Crippen molar-refractivity contribution in [1.82, 2.24) is 9.88 Å². The van der Waals surface area contributed by atoms with Crippen LogP contribution in [-0.4, -0.2) is 36.1 Å². The lowest BCUT2D eigenvalue weighted by Gasteiger charge is -2.30. The molecule has 2 amide bonds. The van der Waals surface area contributed by atoms with Gasteiger partial charge in [0.15, 0.2) is 0 Å². The summed E-state index contributed by atoms with van der Waals surface area (Å²) in [5.41, 5.74) is 0.862. The second-order valence-corrected chi connectivity index (χ2v) is 5.43. The number of anilines is 1. The maximum atomic E-state index is 12.2. The highest BCUT2D eigenvalue weighted by Gasteiger charge is 2.45. The van der Waals surface area contributed by atoms with E-state index in [1.165, 1.54) is 20.0 Å². The van der Waals surface area contributed by atoms with Crippen molar-refractivity contribution in [3.05, 3.63) is 18.3 Å². The lowest BCUT2D eigenvalue weighted by atomic mass is 10.00. The Labute approximate surface area is 114 Å². The summed E-state index contributed by atoms with van der Waals surface area (Å²) in [6, 6.07) is 3.63. The lowest BCUT2D eigenvalue weighted by Crippen LogP contribution is -2.42. The maximum Gasteiger partial charge on any atom is 0.321 e. The summed E-state index contributed by atoms with van der Waals surface area (Å²) in [6.07, 6.45) is 4.00. The third kappa shape index (κ3) is 2.80. The van der Waals surface area contributed by atoms with Gasteiger partial charge in [0.1, 0.15) is 5.69 Å².